The van der Waals surface area contributed by atoms with Gasteiger partial charge in [0, 0.05) is 17.3 Å². The third-order valence-corrected chi connectivity index (χ3v) is 2.75. The van der Waals surface area contributed by atoms with Crippen LogP contribution in [-0.4, -0.2) is 15.1 Å². The fraction of sp³-hybridized carbons (Fsp3) is 0.222. The number of nitrogens with zero attached hydrogens (tertiary/aromatic N) is 1. The molecule has 0 aromatic carbocycles. The number of nitrogens with one attached hydrogen (secondary N) is 1. The molecule has 0 bridgehead atoms. The van der Waals surface area contributed by atoms with E-state index >= 15 is 0 Å². The molecule has 0 amide bonds. The average Bonchev–Trinajstić information content (AvgIpc) is 2.72. The molecule has 0 aliphatic carbocycles. The van der Waals surface area contributed by atoms with Crippen LogP contribution in [-0.2, 0) is 0 Å². The van der Waals surface area contributed by atoms with Crippen molar-refractivity contribution in [2.45, 2.75) is 13.0 Å². The molecular weight excluding hydrogens is 184 g/mol. The van der Waals surface area contributed by atoms with E-state index in [2.05, 4.69) is 9.97 Å². The first-order valence-electron chi connectivity index (χ1n) is 4.01. The summed E-state index contributed by atoms with van der Waals surface area (Å²) in [7, 11) is 0. The van der Waals surface area contributed by atoms with E-state index in [-0.39, 0.29) is 0 Å². The quantitative estimate of drug-likeness (QED) is 0.766. The number of aryl methyl sites for hydroxylation is 1. The summed E-state index contributed by atoms with van der Waals surface area (Å²) in [6, 6.07) is 3.71. The molecule has 1 atom stereocenters. The van der Waals surface area contributed by atoms with Gasteiger partial charge >= 0.3 is 0 Å². The minimum absolute atomic E-state index is 0.617. The maximum atomic E-state index is 9.81. The number of hydrogen-bond donors (Lipinski definition) is 2. The largest absolute Gasteiger partial charge is 0.380 e. The summed E-state index contributed by atoms with van der Waals surface area (Å²) in [6.07, 6.45) is 2.94. The van der Waals surface area contributed by atoms with Crippen molar-refractivity contribution in [2.75, 3.05) is 0 Å². The van der Waals surface area contributed by atoms with Crippen LogP contribution in [0.5, 0.6) is 0 Å². The Morgan fingerprint density at radius 2 is 2.46 bits per heavy atom. The highest BCUT2D eigenvalue weighted by Crippen LogP contribution is 2.24. The molecule has 13 heavy (non-hydrogen) atoms. The number of rotatable bonds is 2. The molecule has 0 saturated carbocycles. The zero-order chi connectivity index (χ0) is 9.26. The minimum atomic E-state index is -0.617. The monoisotopic (exact) mass is 194 g/mol. The Morgan fingerprint density at radius 1 is 1.62 bits per heavy atom. The number of aromatic nitrogens is 2. The number of thiazole rings is 1. The van der Waals surface area contributed by atoms with Gasteiger partial charge in [0.15, 0.2) is 0 Å². The lowest BCUT2D eigenvalue weighted by molar-refractivity contribution is 0.215. The highest BCUT2D eigenvalue weighted by atomic mass is 32.1. The van der Waals surface area contributed by atoms with Crippen LogP contribution < -0.4 is 0 Å². The van der Waals surface area contributed by atoms with Crippen LogP contribution in [0.15, 0.2) is 24.5 Å². The SMILES string of the molecule is Cc1cnc(C(O)c2ccc[nH]2)s1. The summed E-state index contributed by atoms with van der Waals surface area (Å²) in [4.78, 5) is 8.19. The van der Waals surface area contributed by atoms with Crippen LogP contribution >= 0.6 is 11.3 Å². The van der Waals surface area contributed by atoms with Crippen molar-refractivity contribution in [2.24, 2.45) is 0 Å². The molecule has 1 unspecified atom stereocenters. The summed E-state index contributed by atoms with van der Waals surface area (Å²) in [5, 5.41) is 10.5. The molecule has 0 aliphatic heterocycles. The van der Waals surface area contributed by atoms with Crippen molar-refractivity contribution in [3.8, 4) is 0 Å². The van der Waals surface area contributed by atoms with E-state index in [9.17, 15) is 5.11 Å². The molecule has 3 nitrogen and oxygen atoms in total. The van der Waals surface area contributed by atoms with Gasteiger partial charge in [0.2, 0.25) is 0 Å². The highest BCUT2D eigenvalue weighted by Gasteiger charge is 2.13. The zero-order valence-corrected chi connectivity index (χ0v) is 8.01. The van der Waals surface area contributed by atoms with Crippen molar-refractivity contribution in [3.63, 3.8) is 0 Å². The Kier molecular flexibility index (Phi) is 2.16. The molecule has 2 rings (SSSR count). The third-order valence-electron chi connectivity index (χ3n) is 1.79. The van der Waals surface area contributed by atoms with Crippen molar-refractivity contribution < 1.29 is 5.11 Å². The lowest BCUT2D eigenvalue weighted by Crippen LogP contribution is -1.98. The van der Waals surface area contributed by atoms with E-state index in [1.165, 1.54) is 11.3 Å². The zero-order valence-electron chi connectivity index (χ0n) is 7.19. The number of aliphatic hydroxyl groups is 1. The van der Waals surface area contributed by atoms with E-state index < -0.39 is 6.10 Å². The standard InChI is InChI=1S/C9H10N2OS/c1-6-5-11-9(13-6)8(12)7-3-2-4-10-7/h2-5,8,10,12H,1H3. The predicted octanol–water partition coefficient (Wildman–Crippen LogP) is 1.86. The maximum Gasteiger partial charge on any atom is 0.145 e. The van der Waals surface area contributed by atoms with Crippen molar-refractivity contribution in [1.29, 1.82) is 0 Å². The van der Waals surface area contributed by atoms with Crippen LogP contribution in [0.25, 0.3) is 0 Å². The third kappa shape index (κ3) is 1.64. The van der Waals surface area contributed by atoms with Crippen LogP contribution in [0.4, 0.5) is 0 Å². The average molecular weight is 194 g/mol. The van der Waals surface area contributed by atoms with Gasteiger partial charge in [0.05, 0.1) is 5.69 Å². The molecular formula is C9H10N2OS. The Balaban J connectivity index is 2.28. The Labute approximate surface area is 80.1 Å². The van der Waals surface area contributed by atoms with Gasteiger partial charge in [-0.1, -0.05) is 0 Å². The summed E-state index contributed by atoms with van der Waals surface area (Å²) in [5.74, 6) is 0. The summed E-state index contributed by atoms with van der Waals surface area (Å²) in [6.45, 7) is 1.97. The normalized spacial score (nSPS) is 13.1. The van der Waals surface area contributed by atoms with Gasteiger partial charge in [0.25, 0.3) is 0 Å². The number of aliphatic hydroxyl groups excluding tert-OH is 1. The summed E-state index contributed by atoms with van der Waals surface area (Å²) in [5.41, 5.74) is 0.786. The molecule has 0 saturated heterocycles. The van der Waals surface area contributed by atoms with Gasteiger partial charge in [-0.3, -0.25) is 0 Å². The molecule has 0 radical (unpaired) electrons. The van der Waals surface area contributed by atoms with Crippen LogP contribution in [0, 0.1) is 6.92 Å². The molecule has 2 heterocycles. The lowest BCUT2D eigenvalue weighted by atomic mass is 10.3. The molecule has 4 heteroatoms. The van der Waals surface area contributed by atoms with Gasteiger partial charge in [-0.05, 0) is 19.1 Å². The van der Waals surface area contributed by atoms with Gasteiger partial charge in [0.1, 0.15) is 11.1 Å². The first-order valence-corrected chi connectivity index (χ1v) is 4.82. The smallest absolute Gasteiger partial charge is 0.145 e. The Hall–Kier alpha value is -1.13. The van der Waals surface area contributed by atoms with E-state index in [0.29, 0.717) is 0 Å². The first kappa shape index (κ1) is 8.47. The van der Waals surface area contributed by atoms with Crippen molar-refractivity contribution in [1.82, 2.24) is 9.97 Å². The minimum Gasteiger partial charge on any atom is -0.380 e. The second kappa shape index (κ2) is 3.32. The molecule has 2 aromatic rings. The van der Waals surface area contributed by atoms with Crippen LogP contribution in [0.2, 0.25) is 0 Å². The molecule has 2 aromatic heterocycles. The van der Waals surface area contributed by atoms with Gasteiger partial charge < -0.3 is 10.1 Å². The fourth-order valence-corrected chi connectivity index (χ4v) is 1.93. The topological polar surface area (TPSA) is 48.9 Å². The first-order chi connectivity index (χ1) is 6.27. The van der Waals surface area contributed by atoms with Crippen LogP contribution in [0.1, 0.15) is 21.7 Å². The number of hydrogen-bond acceptors (Lipinski definition) is 3. The van der Waals surface area contributed by atoms with E-state index in [1.807, 2.05) is 19.1 Å². The maximum absolute atomic E-state index is 9.81. The summed E-state index contributed by atoms with van der Waals surface area (Å²) >= 11 is 1.51. The predicted molar refractivity (Wildman–Crippen MR) is 51.7 cm³/mol. The number of aromatic amines is 1. The van der Waals surface area contributed by atoms with Crippen molar-refractivity contribution in [3.05, 3.63) is 40.1 Å². The van der Waals surface area contributed by atoms with Gasteiger partial charge in [-0.2, -0.15) is 0 Å². The van der Waals surface area contributed by atoms with Crippen LogP contribution in [0.3, 0.4) is 0 Å². The lowest BCUT2D eigenvalue weighted by Gasteiger charge is -2.03. The molecule has 68 valence electrons. The van der Waals surface area contributed by atoms with Gasteiger partial charge in [-0.25, -0.2) is 4.98 Å². The van der Waals surface area contributed by atoms with E-state index in [1.54, 1.807) is 12.4 Å². The summed E-state index contributed by atoms with van der Waals surface area (Å²) < 4.78 is 0. The Morgan fingerprint density at radius 3 is 3.00 bits per heavy atom. The number of H-pyrrole nitrogens is 1. The molecule has 2 N–H and O–H groups in total. The van der Waals surface area contributed by atoms with E-state index in [0.717, 1.165) is 15.6 Å². The molecule has 0 fully saturated rings. The molecule has 0 aliphatic rings. The second-order valence-electron chi connectivity index (χ2n) is 2.84. The van der Waals surface area contributed by atoms with Crippen molar-refractivity contribution >= 4 is 11.3 Å². The second-order valence-corrected chi connectivity index (χ2v) is 4.10. The van der Waals surface area contributed by atoms with Gasteiger partial charge in [-0.15, -0.1) is 11.3 Å². The highest BCUT2D eigenvalue weighted by molar-refractivity contribution is 7.11. The van der Waals surface area contributed by atoms with E-state index in [4.69, 9.17) is 0 Å². The molecule has 0 spiro atoms. The Bertz CT molecular complexity index is 380. The fourth-order valence-electron chi connectivity index (χ4n) is 1.15.